The van der Waals surface area contributed by atoms with Gasteiger partial charge in [-0.25, -0.2) is 0 Å². The highest BCUT2D eigenvalue weighted by Gasteiger charge is 1.89. The van der Waals surface area contributed by atoms with E-state index in [4.69, 9.17) is 0 Å². The van der Waals surface area contributed by atoms with Gasteiger partial charge in [-0.05, 0) is 0 Å². The van der Waals surface area contributed by atoms with Crippen LogP contribution in [0.15, 0.2) is 21.7 Å². The van der Waals surface area contributed by atoms with E-state index in [1.165, 1.54) is 11.8 Å². The van der Waals surface area contributed by atoms with Crippen molar-refractivity contribution >= 4 is 23.5 Å². The Balaban J connectivity index is 2.50. The van der Waals surface area contributed by atoms with Crippen molar-refractivity contribution in [3.05, 3.63) is 11.6 Å². The molecule has 0 aromatic heterocycles. The number of thioether (sulfide) groups is 1. The van der Waals surface area contributed by atoms with Gasteiger partial charge in [-0.3, -0.25) is 10.4 Å². The Morgan fingerprint density at radius 2 is 2.67 bits per heavy atom. The molecule has 9 heavy (non-hydrogen) atoms. The van der Waals surface area contributed by atoms with Crippen molar-refractivity contribution in [3.63, 3.8) is 0 Å². The Morgan fingerprint density at radius 3 is 3.56 bits per heavy atom. The molecule has 0 saturated carbocycles. The highest BCUT2D eigenvalue weighted by Crippen LogP contribution is 2.05. The van der Waals surface area contributed by atoms with E-state index < -0.39 is 0 Å². The van der Waals surface area contributed by atoms with E-state index in [9.17, 15) is 0 Å². The summed E-state index contributed by atoms with van der Waals surface area (Å²) < 4.78 is 0. The molecule has 48 valence electrons. The molecule has 0 unspecified atom stereocenters. The van der Waals surface area contributed by atoms with Gasteiger partial charge in [0, 0.05) is 6.21 Å². The van der Waals surface area contributed by atoms with Gasteiger partial charge in [-0.1, -0.05) is 18.3 Å². The fourth-order valence-electron chi connectivity index (χ4n) is 0.376. The molecule has 3 nitrogen and oxygen atoms in total. The van der Waals surface area contributed by atoms with E-state index in [-0.39, 0.29) is 0 Å². The van der Waals surface area contributed by atoms with Crippen molar-refractivity contribution in [3.8, 4) is 0 Å². The number of hydrogen-bond donors (Lipinski definition) is 1. The van der Waals surface area contributed by atoms with Crippen LogP contribution in [-0.4, -0.2) is 18.3 Å². The summed E-state index contributed by atoms with van der Waals surface area (Å²) in [4.78, 5) is 3.97. The predicted octanol–water partition coefficient (Wildman–Crippen LogP) is 0.808. The van der Waals surface area contributed by atoms with Crippen LogP contribution in [-0.2, 0) is 0 Å². The molecule has 1 aliphatic heterocycles. The van der Waals surface area contributed by atoms with E-state index in [1.807, 2.05) is 0 Å². The maximum Gasteiger partial charge on any atom is 0.0876 e. The van der Waals surface area contributed by atoms with Gasteiger partial charge in [0.1, 0.15) is 0 Å². The molecule has 0 aromatic carbocycles. The van der Waals surface area contributed by atoms with Crippen molar-refractivity contribution in [1.82, 2.24) is 5.43 Å². The minimum absolute atomic E-state index is 0.646. The first kappa shape index (κ1) is 6.35. The number of hydrogen-bond acceptors (Lipinski definition) is 4. The van der Waals surface area contributed by atoms with Crippen molar-refractivity contribution in [1.29, 1.82) is 0 Å². The van der Waals surface area contributed by atoms with Crippen LogP contribution >= 0.6 is 11.8 Å². The zero-order valence-corrected chi connectivity index (χ0v) is 5.69. The molecule has 0 bridgehead atoms. The third-order valence-corrected chi connectivity index (χ3v) is 1.37. The van der Waals surface area contributed by atoms with Gasteiger partial charge in [-0.2, -0.15) is 5.10 Å². The van der Waals surface area contributed by atoms with Crippen LogP contribution < -0.4 is 5.43 Å². The molecule has 1 rings (SSSR count). The summed E-state index contributed by atoms with van der Waals surface area (Å²) in [5.41, 5.74) is 4.48. The van der Waals surface area contributed by atoms with Gasteiger partial charge in [0.05, 0.1) is 17.1 Å². The van der Waals surface area contributed by atoms with E-state index in [0.717, 1.165) is 5.03 Å². The third kappa shape index (κ3) is 2.32. The van der Waals surface area contributed by atoms with Crippen molar-refractivity contribution in [2.45, 2.75) is 0 Å². The monoisotopic (exact) mass is 141 g/mol. The Hall–Kier alpha value is -0.770. The lowest BCUT2D eigenvalue weighted by Crippen LogP contribution is -2.03. The number of rotatable bonds is 0. The minimum atomic E-state index is 0.646. The quantitative estimate of drug-likeness (QED) is 0.542. The summed E-state index contributed by atoms with van der Waals surface area (Å²) in [5, 5.41) is 4.60. The first-order valence-corrected chi connectivity index (χ1v) is 3.39. The Kier molecular flexibility index (Phi) is 2.32. The Labute approximate surface area is 57.9 Å². The smallest absolute Gasteiger partial charge is 0.0876 e. The second-order valence-electron chi connectivity index (χ2n) is 1.44. The normalized spacial score (nSPS) is 22.0. The van der Waals surface area contributed by atoms with Crippen LogP contribution in [0, 0.1) is 0 Å². The second-order valence-corrected chi connectivity index (χ2v) is 2.37. The fraction of sp³-hybridized carbons (Fsp3) is 0.200. The molecule has 4 heteroatoms. The lowest BCUT2D eigenvalue weighted by Gasteiger charge is -2.00. The summed E-state index contributed by atoms with van der Waals surface area (Å²) in [7, 11) is 0. The van der Waals surface area contributed by atoms with Gasteiger partial charge >= 0.3 is 0 Å². The van der Waals surface area contributed by atoms with Crippen molar-refractivity contribution in [2.24, 2.45) is 10.1 Å². The summed E-state index contributed by atoms with van der Waals surface area (Å²) in [6.45, 7) is 4.31. The van der Waals surface area contributed by atoms with Crippen molar-refractivity contribution in [2.75, 3.05) is 6.54 Å². The molecule has 1 N–H and O–H groups in total. The average Bonchev–Trinajstić information content (AvgIpc) is 1.79. The summed E-state index contributed by atoms with van der Waals surface area (Å²) >= 11 is 1.44. The predicted molar refractivity (Wildman–Crippen MR) is 41.7 cm³/mol. The first-order chi connectivity index (χ1) is 4.39. The number of nitrogens with one attached hydrogen (secondary N) is 1. The van der Waals surface area contributed by atoms with Crippen LogP contribution in [0.4, 0.5) is 0 Å². The molecule has 0 aromatic rings. The SMILES string of the molecule is C=C1N/N=C\CN=CS1. The van der Waals surface area contributed by atoms with Gasteiger partial charge < -0.3 is 0 Å². The second kappa shape index (κ2) is 3.29. The van der Waals surface area contributed by atoms with Gasteiger partial charge in [-0.15, -0.1) is 0 Å². The standard InChI is InChI=1S/C5H7N3S/c1-5-8-7-3-2-6-4-9-5/h3-4,8H,1-2H2/b6-4?,7-3-. The van der Waals surface area contributed by atoms with Crippen LogP contribution in [0.5, 0.6) is 0 Å². The molecule has 1 heterocycles. The topological polar surface area (TPSA) is 36.8 Å². The Morgan fingerprint density at radius 1 is 1.78 bits per heavy atom. The van der Waals surface area contributed by atoms with E-state index in [2.05, 4.69) is 22.1 Å². The van der Waals surface area contributed by atoms with E-state index >= 15 is 0 Å². The van der Waals surface area contributed by atoms with Crippen LogP contribution in [0.3, 0.4) is 0 Å². The Bertz CT molecular complexity index is 146. The molecule has 0 amide bonds. The van der Waals surface area contributed by atoms with Crippen LogP contribution in [0.1, 0.15) is 0 Å². The number of hydrazone groups is 1. The zero-order valence-electron chi connectivity index (χ0n) is 4.87. The molecule has 0 radical (unpaired) electrons. The zero-order chi connectivity index (χ0) is 6.53. The van der Waals surface area contributed by atoms with Gasteiger partial charge in [0.2, 0.25) is 0 Å². The maximum absolute atomic E-state index is 3.97. The molecule has 0 fully saturated rings. The first-order valence-electron chi connectivity index (χ1n) is 2.51. The lowest BCUT2D eigenvalue weighted by atomic mass is 10.7. The van der Waals surface area contributed by atoms with E-state index in [0.29, 0.717) is 6.54 Å². The number of aliphatic imine (C=N–C) groups is 1. The molecule has 0 saturated heterocycles. The molecule has 0 atom stereocenters. The summed E-state index contributed by atoms with van der Waals surface area (Å²) in [6.07, 6.45) is 1.70. The largest absolute Gasteiger partial charge is 0.280 e. The number of nitrogens with zero attached hydrogens (tertiary/aromatic N) is 2. The maximum atomic E-state index is 3.97. The van der Waals surface area contributed by atoms with Crippen LogP contribution in [0.2, 0.25) is 0 Å². The molecule has 1 aliphatic rings. The lowest BCUT2D eigenvalue weighted by molar-refractivity contribution is 0.955. The minimum Gasteiger partial charge on any atom is -0.280 e. The molecular weight excluding hydrogens is 134 g/mol. The third-order valence-electron chi connectivity index (χ3n) is 0.737. The van der Waals surface area contributed by atoms with E-state index in [1.54, 1.807) is 11.8 Å². The van der Waals surface area contributed by atoms with Crippen LogP contribution in [0.25, 0.3) is 0 Å². The average molecular weight is 141 g/mol. The fourth-order valence-corrected chi connectivity index (χ4v) is 0.769. The highest BCUT2D eigenvalue weighted by atomic mass is 32.2. The highest BCUT2D eigenvalue weighted by molar-refractivity contribution is 8.15. The molecule has 0 spiro atoms. The summed E-state index contributed by atoms with van der Waals surface area (Å²) in [6, 6.07) is 0. The van der Waals surface area contributed by atoms with Crippen molar-refractivity contribution < 1.29 is 0 Å². The van der Waals surface area contributed by atoms with Gasteiger partial charge in [0.25, 0.3) is 0 Å². The molecular formula is C5H7N3S. The van der Waals surface area contributed by atoms with Gasteiger partial charge in [0.15, 0.2) is 0 Å². The summed E-state index contributed by atoms with van der Waals surface area (Å²) in [5.74, 6) is 0. The molecule has 0 aliphatic carbocycles.